The van der Waals surface area contributed by atoms with Crippen LogP contribution in [0.25, 0.3) is 0 Å². The van der Waals surface area contributed by atoms with Gasteiger partial charge in [0.05, 0.1) is 0 Å². The molecule has 2 aliphatic heterocycles. The number of nitrogens with two attached hydrogens (primary N) is 1. The van der Waals surface area contributed by atoms with Crippen molar-refractivity contribution in [2.24, 2.45) is 11.7 Å². The van der Waals surface area contributed by atoms with Gasteiger partial charge in [-0.05, 0) is 50.4 Å². The van der Waals surface area contributed by atoms with Gasteiger partial charge in [0.25, 0.3) is 0 Å². The zero-order valence-corrected chi connectivity index (χ0v) is 11.6. The van der Waals surface area contributed by atoms with E-state index in [1.807, 2.05) is 0 Å². The standard InChI is InChI=1S/C16H25N3/c17-11-15-7-9-18-16(15)8-4-10-19(13-16)12-14-5-2-1-3-6-14/h1-3,5-6,15,18H,4,7-13,17H2. The van der Waals surface area contributed by atoms with E-state index in [1.54, 1.807) is 0 Å². The second kappa shape index (κ2) is 5.61. The van der Waals surface area contributed by atoms with Crippen LogP contribution in [0.15, 0.2) is 30.3 Å². The molecular formula is C16H25N3. The van der Waals surface area contributed by atoms with Crippen LogP contribution in [0, 0.1) is 5.92 Å². The van der Waals surface area contributed by atoms with Crippen molar-refractivity contribution in [3.63, 3.8) is 0 Å². The Hall–Kier alpha value is -0.900. The molecule has 2 heterocycles. The second-order valence-electron chi connectivity index (χ2n) is 6.10. The topological polar surface area (TPSA) is 41.3 Å². The fourth-order valence-electron chi connectivity index (χ4n) is 3.89. The average molecular weight is 259 g/mol. The summed E-state index contributed by atoms with van der Waals surface area (Å²) in [5, 5.41) is 3.77. The zero-order valence-electron chi connectivity index (χ0n) is 11.6. The number of hydrogen-bond acceptors (Lipinski definition) is 3. The maximum absolute atomic E-state index is 5.98. The van der Waals surface area contributed by atoms with Crippen LogP contribution in [0.4, 0.5) is 0 Å². The van der Waals surface area contributed by atoms with Gasteiger partial charge in [0.2, 0.25) is 0 Å². The third kappa shape index (κ3) is 2.69. The Labute approximate surface area is 116 Å². The van der Waals surface area contributed by atoms with E-state index < -0.39 is 0 Å². The van der Waals surface area contributed by atoms with Crippen molar-refractivity contribution >= 4 is 0 Å². The van der Waals surface area contributed by atoms with Crippen molar-refractivity contribution in [1.29, 1.82) is 0 Å². The Balaban J connectivity index is 1.68. The van der Waals surface area contributed by atoms with Gasteiger partial charge < -0.3 is 11.1 Å². The Morgan fingerprint density at radius 2 is 2.16 bits per heavy atom. The minimum atomic E-state index is 0.293. The Morgan fingerprint density at radius 1 is 1.32 bits per heavy atom. The van der Waals surface area contributed by atoms with Crippen LogP contribution in [-0.4, -0.2) is 36.6 Å². The van der Waals surface area contributed by atoms with Crippen molar-refractivity contribution < 1.29 is 0 Å². The average Bonchev–Trinajstić information content (AvgIpc) is 2.82. The van der Waals surface area contributed by atoms with Crippen LogP contribution in [0.3, 0.4) is 0 Å². The maximum atomic E-state index is 5.98. The predicted octanol–water partition coefficient (Wildman–Crippen LogP) is 1.59. The number of benzene rings is 1. The largest absolute Gasteiger partial charge is 0.330 e. The first-order chi connectivity index (χ1) is 9.32. The van der Waals surface area contributed by atoms with Gasteiger partial charge in [-0.3, -0.25) is 4.90 Å². The molecule has 0 amide bonds. The fraction of sp³-hybridized carbons (Fsp3) is 0.625. The van der Waals surface area contributed by atoms with E-state index in [-0.39, 0.29) is 0 Å². The summed E-state index contributed by atoms with van der Waals surface area (Å²) in [7, 11) is 0. The van der Waals surface area contributed by atoms with Crippen LogP contribution in [0.2, 0.25) is 0 Å². The normalized spacial score (nSPS) is 31.9. The van der Waals surface area contributed by atoms with E-state index in [4.69, 9.17) is 5.73 Å². The van der Waals surface area contributed by atoms with Crippen LogP contribution in [-0.2, 0) is 6.54 Å². The highest BCUT2D eigenvalue weighted by atomic mass is 15.2. The van der Waals surface area contributed by atoms with Gasteiger partial charge in [0, 0.05) is 18.6 Å². The predicted molar refractivity (Wildman–Crippen MR) is 78.8 cm³/mol. The van der Waals surface area contributed by atoms with Gasteiger partial charge in [-0.15, -0.1) is 0 Å². The summed E-state index contributed by atoms with van der Waals surface area (Å²) in [4.78, 5) is 2.60. The molecular weight excluding hydrogens is 234 g/mol. The molecule has 0 aliphatic carbocycles. The van der Waals surface area contributed by atoms with Gasteiger partial charge in [-0.1, -0.05) is 30.3 Å². The zero-order chi connectivity index (χ0) is 13.1. The highest BCUT2D eigenvalue weighted by Crippen LogP contribution is 2.34. The number of rotatable bonds is 3. The monoisotopic (exact) mass is 259 g/mol. The second-order valence-corrected chi connectivity index (χ2v) is 6.10. The van der Waals surface area contributed by atoms with E-state index >= 15 is 0 Å². The smallest absolute Gasteiger partial charge is 0.0350 e. The maximum Gasteiger partial charge on any atom is 0.0350 e. The van der Waals surface area contributed by atoms with Crippen LogP contribution >= 0.6 is 0 Å². The summed E-state index contributed by atoms with van der Waals surface area (Å²) in [6.45, 7) is 5.41. The number of piperidine rings is 1. The summed E-state index contributed by atoms with van der Waals surface area (Å²) < 4.78 is 0. The lowest BCUT2D eigenvalue weighted by Gasteiger charge is -2.44. The third-order valence-corrected chi connectivity index (χ3v) is 4.89. The minimum Gasteiger partial charge on any atom is -0.330 e. The fourth-order valence-corrected chi connectivity index (χ4v) is 3.89. The SMILES string of the molecule is NCC1CCNC12CCCN(Cc1ccccc1)C2. The Bertz CT molecular complexity index is 406. The molecule has 2 unspecified atom stereocenters. The first kappa shape index (κ1) is 13.1. The quantitative estimate of drug-likeness (QED) is 0.866. The van der Waals surface area contributed by atoms with Crippen LogP contribution in [0.1, 0.15) is 24.8 Å². The molecule has 1 aromatic carbocycles. The molecule has 0 bridgehead atoms. The molecule has 3 N–H and O–H groups in total. The lowest BCUT2D eigenvalue weighted by Crippen LogP contribution is -2.58. The molecule has 0 aromatic heterocycles. The third-order valence-electron chi connectivity index (χ3n) is 4.89. The molecule has 3 rings (SSSR count). The lowest BCUT2D eigenvalue weighted by molar-refractivity contribution is 0.0994. The molecule has 2 saturated heterocycles. The lowest BCUT2D eigenvalue weighted by atomic mass is 9.79. The molecule has 2 fully saturated rings. The van der Waals surface area contributed by atoms with E-state index in [1.165, 1.54) is 31.4 Å². The number of likely N-dealkylation sites (tertiary alicyclic amines) is 1. The van der Waals surface area contributed by atoms with Gasteiger partial charge in [-0.25, -0.2) is 0 Å². The summed E-state index contributed by atoms with van der Waals surface area (Å²) in [5.74, 6) is 0.658. The minimum absolute atomic E-state index is 0.293. The summed E-state index contributed by atoms with van der Waals surface area (Å²) in [6.07, 6.45) is 3.83. The van der Waals surface area contributed by atoms with Gasteiger partial charge >= 0.3 is 0 Å². The van der Waals surface area contributed by atoms with Gasteiger partial charge in [0.15, 0.2) is 0 Å². The molecule has 3 heteroatoms. The van der Waals surface area contributed by atoms with E-state index in [0.717, 1.165) is 26.2 Å². The summed E-state index contributed by atoms with van der Waals surface area (Å²) in [6, 6.07) is 10.8. The van der Waals surface area contributed by atoms with Crippen molar-refractivity contribution in [2.45, 2.75) is 31.3 Å². The molecule has 1 aromatic rings. The van der Waals surface area contributed by atoms with Gasteiger partial charge in [0.1, 0.15) is 0 Å². The van der Waals surface area contributed by atoms with E-state index in [9.17, 15) is 0 Å². The van der Waals surface area contributed by atoms with Gasteiger partial charge in [-0.2, -0.15) is 0 Å². The first-order valence-corrected chi connectivity index (χ1v) is 7.54. The Kier molecular flexibility index (Phi) is 3.87. The molecule has 1 spiro atoms. The highest BCUT2D eigenvalue weighted by Gasteiger charge is 2.44. The number of nitrogens with one attached hydrogen (secondary N) is 1. The Morgan fingerprint density at radius 3 is 2.95 bits per heavy atom. The molecule has 19 heavy (non-hydrogen) atoms. The summed E-state index contributed by atoms with van der Waals surface area (Å²) in [5.41, 5.74) is 7.69. The number of hydrogen-bond donors (Lipinski definition) is 2. The molecule has 2 atom stereocenters. The molecule has 0 saturated carbocycles. The summed E-state index contributed by atoms with van der Waals surface area (Å²) >= 11 is 0. The van der Waals surface area contributed by atoms with Crippen molar-refractivity contribution in [1.82, 2.24) is 10.2 Å². The molecule has 104 valence electrons. The first-order valence-electron chi connectivity index (χ1n) is 7.54. The van der Waals surface area contributed by atoms with Crippen molar-refractivity contribution in [3.05, 3.63) is 35.9 Å². The molecule has 0 radical (unpaired) electrons. The van der Waals surface area contributed by atoms with Crippen LogP contribution in [0.5, 0.6) is 0 Å². The van der Waals surface area contributed by atoms with Crippen molar-refractivity contribution in [2.75, 3.05) is 26.2 Å². The highest BCUT2D eigenvalue weighted by molar-refractivity contribution is 5.15. The molecule has 2 aliphatic rings. The van der Waals surface area contributed by atoms with Crippen molar-refractivity contribution in [3.8, 4) is 0 Å². The van der Waals surface area contributed by atoms with Crippen LogP contribution < -0.4 is 11.1 Å². The van der Waals surface area contributed by atoms with E-state index in [2.05, 4.69) is 40.5 Å². The molecule has 3 nitrogen and oxygen atoms in total. The number of nitrogens with zero attached hydrogens (tertiary/aromatic N) is 1. The van der Waals surface area contributed by atoms with E-state index in [0.29, 0.717) is 11.5 Å².